The van der Waals surface area contributed by atoms with Gasteiger partial charge in [0.2, 0.25) is 5.91 Å². The summed E-state index contributed by atoms with van der Waals surface area (Å²) in [5, 5.41) is 18.9. The second-order valence-electron chi connectivity index (χ2n) is 6.52. The molecular formula is C19H18N6O3. The van der Waals surface area contributed by atoms with Crippen molar-refractivity contribution in [1.29, 1.82) is 0 Å². The molecule has 1 aliphatic rings. The van der Waals surface area contributed by atoms with E-state index in [1.165, 1.54) is 5.01 Å². The molecule has 1 N–H and O–H groups in total. The molecule has 9 heteroatoms. The van der Waals surface area contributed by atoms with E-state index < -0.39 is 12.0 Å². The molecule has 3 aromatic rings. The van der Waals surface area contributed by atoms with Crippen molar-refractivity contribution in [2.24, 2.45) is 12.1 Å². The van der Waals surface area contributed by atoms with E-state index in [1.54, 1.807) is 24.1 Å². The summed E-state index contributed by atoms with van der Waals surface area (Å²) in [6.07, 6.45) is 3.38. The number of para-hydroxylation sites is 2. The van der Waals surface area contributed by atoms with Crippen LogP contribution in [0.15, 0.2) is 47.8 Å². The molecule has 0 saturated heterocycles. The van der Waals surface area contributed by atoms with Crippen molar-refractivity contribution >= 4 is 28.6 Å². The SMILES string of the molecule is Cn1nccc1C1=NN(C(=O)CCC(=O)O)[C@H](c2cnc3ccccc3n2)C1. The number of carbonyl (C=O) groups excluding carboxylic acids is 1. The number of aromatic nitrogens is 4. The minimum absolute atomic E-state index is 0.130. The van der Waals surface area contributed by atoms with Crippen LogP contribution in [-0.4, -0.2) is 47.5 Å². The number of hydrazone groups is 1. The Morgan fingerprint density at radius 1 is 1.18 bits per heavy atom. The maximum atomic E-state index is 12.7. The van der Waals surface area contributed by atoms with Gasteiger partial charge >= 0.3 is 5.97 Å². The van der Waals surface area contributed by atoms with Gasteiger partial charge in [-0.25, -0.2) is 9.99 Å². The number of benzene rings is 1. The number of aliphatic carboxylic acids is 1. The van der Waals surface area contributed by atoms with Gasteiger partial charge in [-0.3, -0.25) is 19.3 Å². The Balaban J connectivity index is 1.69. The monoisotopic (exact) mass is 378 g/mol. The van der Waals surface area contributed by atoms with Gasteiger partial charge in [-0.15, -0.1) is 0 Å². The van der Waals surface area contributed by atoms with Crippen molar-refractivity contribution in [3.63, 3.8) is 0 Å². The van der Waals surface area contributed by atoms with Gasteiger partial charge in [-0.2, -0.15) is 10.2 Å². The van der Waals surface area contributed by atoms with Crippen LogP contribution in [0, 0.1) is 0 Å². The second kappa shape index (κ2) is 7.18. The minimum Gasteiger partial charge on any atom is -0.481 e. The van der Waals surface area contributed by atoms with Crippen molar-refractivity contribution in [3.05, 3.63) is 54.1 Å². The first-order valence-corrected chi connectivity index (χ1v) is 8.84. The molecule has 1 aromatic carbocycles. The lowest BCUT2D eigenvalue weighted by atomic mass is 10.1. The van der Waals surface area contributed by atoms with Crippen LogP contribution < -0.4 is 0 Å². The van der Waals surface area contributed by atoms with Gasteiger partial charge in [-0.1, -0.05) is 12.1 Å². The number of nitrogens with zero attached hydrogens (tertiary/aromatic N) is 6. The molecule has 9 nitrogen and oxygen atoms in total. The Morgan fingerprint density at radius 2 is 1.96 bits per heavy atom. The highest BCUT2D eigenvalue weighted by Crippen LogP contribution is 2.32. The summed E-state index contributed by atoms with van der Waals surface area (Å²) in [5.74, 6) is -1.38. The highest BCUT2D eigenvalue weighted by molar-refractivity contribution is 6.02. The molecule has 4 rings (SSSR count). The van der Waals surface area contributed by atoms with Crippen molar-refractivity contribution in [2.45, 2.75) is 25.3 Å². The van der Waals surface area contributed by atoms with Crippen LogP contribution in [0.2, 0.25) is 0 Å². The van der Waals surface area contributed by atoms with E-state index in [4.69, 9.17) is 5.11 Å². The van der Waals surface area contributed by atoms with Gasteiger partial charge in [0.25, 0.3) is 0 Å². The zero-order chi connectivity index (χ0) is 19.7. The summed E-state index contributed by atoms with van der Waals surface area (Å²) in [4.78, 5) is 32.6. The lowest BCUT2D eigenvalue weighted by Crippen LogP contribution is -2.28. The number of amides is 1. The molecule has 0 fully saturated rings. The zero-order valence-corrected chi connectivity index (χ0v) is 15.2. The average molecular weight is 378 g/mol. The lowest BCUT2D eigenvalue weighted by Gasteiger charge is -2.21. The van der Waals surface area contributed by atoms with E-state index in [0.29, 0.717) is 17.8 Å². The third kappa shape index (κ3) is 3.34. The summed E-state index contributed by atoms with van der Waals surface area (Å²) in [5.41, 5.74) is 3.60. The van der Waals surface area contributed by atoms with Crippen LogP contribution in [0.5, 0.6) is 0 Å². The van der Waals surface area contributed by atoms with E-state index in [1.807, 2.05) is 30.3 Å². The maximum absolute atomic E-state index is 12.7. The molecule has 0 bridgehead atoms. The topological polar surface area (TPSA) is 114 Å². The molecule has 0 aliphatic carbocycles. The lowest BCUT2D eigenvalue weighted by molar-refractivity contribution is -0.141. The number of hydrogen-bond acceptors (Lipinski definition) is 6. The van der Waals surface area contributed by atoms with Gasteiger partial charge in [0.1, 0.15) is 6.04 Å². The molecule has 1 aliphatic heterocycles. The van der Waals surface area contributed by atoms with Gasteiger partial charge < -0.3 is 5.11 Å². The quantitative estimate of drug-likeness (QED) is 0.725. The number of carboxylic acids is 1. The third-order valence-corrected chi connectivity index (χ3v) is 4.64. The molecule has 142 valence electrons. The summed E-state index contributed by atoms with van der Waals surface area (Å²) in [6, 6.07) is 8.88. The molecule has 0 radical (unpaired) electrons. The first-order valence-electron chi connectivity index (χ1n) is 8.84. The Labute approximate surface area is 160 Å². The zero-order valence-electron chi connectivity index (χ0n) is 15.2. The smallest absolute Gasteiger partial charge is 0.303 e. The molecule has 0 unspecified atom stereocenters. The first-order chi connectivity index (χ1) is 13.5. The number of hydrogen-bond donors (Lipinski definition) is 1. The summed E-state index contributed by atoms with van der Waals surface area (Å²) in [6.45, 7) is 0. The van der Waals surface area contributed by atoms with E-state index in [-0.39, 0.29) is 18.7 Å². The van der Waals surface area contributed by atoms with Crippen LogP contribution in [0.25, 0.3) is 11.0 Å². The molecule has 0 saturated carbocycles. The van der Waals surface area contributed by atoms with E-state index in [0.717, 1.165) is 16.7 Å². The molecule has 0 spiro atoms. The number of fused-ring (bicyclic) bond motifs is 1. The van der Waals surface area contributed by atoms with Crippen LogP contribution in [-0.2, 0) is 16.6 Å². The second-order valence-corrected chi connectivity index (χ2v) is 6.52. The Kier molecular flexibility index (Phi) is 4.56. The molecule has 2 aromatic heterocycles. The van der Waals surface area contributed by atoms with Crippen molar-refractivity contribution in [1.82, 2.24) is 24.8 Å². The molecule has 3 heterocycles. The predicted octanol–water partition coefficient (Wildman–Crippen LogP) is 1.91. The summed E-state index contributed by atoms with van der Waals surface area (Å²) in [7, 11) is 1.80. The third-order valence-electron chi connectivity index (χ3n) is 4.64. The number of carboxylic acid groups (broad SMARTS) is 1. The van der Waals surface area contributed by atoms with E-state index in [2.05, 4.69) is 20.2 Å². The predicted molar refractivity (Wildman–Crippen MR) is 100 cm³/mol. The molecule has 28 heavy (non-hydrogen) atoms. The maximum Gasteiger partial charge on any atom is 0.303 e. The van der Waals surface area contributed by atoms with Crippen LogP contribution in [0.3, 0.4) is 0 Å². The Morgan fingerprint density at radius 3 is 2.68 bits per heavy atom. The standard InChI is InChI=1S/C19H18N6O3/c1-24-16(8-9-21-24)14-10-17(25(23-14)18(26)6-7-19(27)28)15-11-20-12-4-2-3-5-13(12)22-15/h2-5,8-9,11,17H,6-7,10H2,1H3,(H,27,28)/t17-/m0/s1. The normalized spacial score (nSPS) is 16.4. The first kappa shape index (κ1) is 17.8. The van der Waals surface area contributed by atoms with Crippen molar-refractivity contribution in [3.8, 4) is 0 Å². The average Bonchev–Trinajstić information content (AvgIpc) is 3.32. The van der Waals surface area contributed by atoms with Crippen LogP contribution >= 0.6 is 0 Å². The van der Waals surface area contributed by atoms with Crippen LogP contribution in [0.1, 0.15) is 36.7 Å². The number of rotatable bonds is 5. The number of carbonyl (C=O) groups is 2. The van der Waals surface area contributed by atoms with Crippen LogP contribution in [0.4, 0.5) is 0 Å². The van der Waals surface area contributed by atoms with Gasteiger partial charge in [0.15, 0.2) is 0 Å². The summed E-state index contributed by atoms with van der Waals surface area (Å²) >= 11 is 0. The largest absolute Gasteiger partial charge is 0.481 e. The van der Waals surface area contributed by atoms with Gasteiger partial charge in [-0.05, 0) is 18.2 Å². The van der Waals surface area contributed by atoms with Gasteiger partial charge in [0, 0.05) is 26.1 Å². The molecule has 1 atom stereocenters. The number of aryl methyl sites for hydroxylation is 1. The minimum atomic E-state index is -1.02. The van der Waals surface area contributed by atoms with Crippen molar-refractivity contribution in [2.75, 3.05) is 0 Å². The highest BCUT2D eigenvalue weighted by atomic mass is 16.4. The molecular weight excluding hydrogens is 360 g/mol. The fourth-order valence-electron chi connectivity index (χ4n) is 3.24. The Bertz CT molecular complexity index is 1090. The molecule has 1 amide bonds. The summed E-state index contributed by atoms with van der Waals surface area (Å²) < 4.78 is 1.69. The Hall–Kier alpha value is -3.62. The van der Waals surface area contributed by atoms with Gasteiger partial charge in [0.05, 0.1) is 40.8 Å². The van der Waals surface area contributed by atoms with E-state index >= 15 is 0 Å². The fraction of sp³-hybridized carbons (Fsp3) is 0.263. The van der Waals surface area contributed by atoms with E-state index in [9.17, 15) is 9.59 Å². The van der Waals surface area contributed by atoms with Crippen molar-refractivity contribution < 1.29 is 14.7 Å². The highest BCUT2D eigenvalue weighted by Gasteiger charge is 2.35. The fourth-order valence-corrected chi connectivity index (χ4v) is 3.24.